The first-order chi connectivity index (χ1) is 16.1. The number of hydrogen-bond donors (Lipinski definition) is 1. The molecule has 7 heteroatoms. The minimum atomic E-state index is -0.553. The van der Waals surface area contributed by atoms with Crippen LogP contribution in [0.2, 0.25) is 0 Å². The van der Waals surface area contributed by atoms with Gasteiger partial charge in [-0.1, -0.05) is 12.1 Å². The van der Waals surface area contributed by atoms with E-state index < -0.39 is 5.82 Å². The van der Waals surface area contributed by atoms with Gasteiger partial charge in [-0.3, -0.25) is 4.79 Å². The number of carbonyl (C=O) groups is 1. The summed E-state index contributed by atoms with van der Waals surface area (Å²) in [6.07, 6.45) is 0.793. The number of nitrogens with two attached hydrogens (primary N) is 1. The molecule has 2 N–H and O–H groups in total. The molecule has 1 fully saturated rings. The van der Waals surface area contributed by atoms with E-state index in [1.54, 1.807) is 12.0 Å². The van der Waals surface area contributed by atoms with Gasteiger partial charge < -0.3 is 25.0 Å². The third-order valence-corrected chi connectivity index (χ3v) is 5.76. The second kappa shape index (κ2) is 10.4. The maximum absolute atomic E-state index is 14.5. The van der Waals surface area contributed by atoms with Gasteiger partial charge in [0.25, 0.3) is 5.91 Å². The van der Waals surface area contributed by atoms with Crippen LogP contribution in [0.25, 0.3) is 0 Å². The zero-order valence-corrected chi connectivity index (χ0v) is 18.7. The smallest absolute Gasteiger partial charge is 0.257 e. The molecule has 0 radical (unpaired) electrons. The quantitative estimate of drug-likeness (QED) is 0.589. The van der Waals surface area contributed by atoms with Gasteiger partial charge in [0.2, 0.25) is 0 Å². The molecule has 1 amide bonds. The lowest BCUT2D eigenvalue weighted by molar-refractivity contribution is 0.0741. The molecule has 0 spiro atoms. The average molecular weight is 450 g/mol. The average Bonchev–Trinajstić information content (AvgIpc) is 2.86. The normalized spacial score (nSPS) is 13.7. The fourth-order valence-corrected chi connectivity index (χ4v) is 3.89. The first kappa shape index (κ1) is 22.6. The highest BCUT2D eigenvalue weighted by atomic mass is 19.1. The number of anilines is 1. The Labute approximate surface area is 193 Å². The van der Waals surface area contributed by atoms with Crippen molar-refractivity contribution in [1.29, 1.82) is 0 Å². The van der Waals surface area contributed by atoms with E-state index in [-0.39, 0.29) is 11.5 Å². The van der Waals surface area contributed by atoms with Crippen molar-refractivity contribution in [3.8, 4) is 17.2 Å². The third-order valence-electron chi connectivity index (χ3n) is 5.76. The van der Waals surface area contributed by atoms with Crippen LogP contribution < -0.4 is 20.1 Å². The molecule has 1 saturated heterocycles. The first-order valence-corrected chi connectivity index (χ1v) is 11.0. The number of carbonyl (C=O) groups excluding carboxylic acids is 1. The molecule has 172 valence electrons. The largest absolute Gasteiger partial charge is 0.497 e. The molecule has 0 aliphatic carbocycles. The Morgan fingerprint density at radius 1 is 0.909 bits per heavy atom. The zero-order chi connectivity index (χ0) is 23.2. The van der Waals surface area contributed by atoms with Crippen LogP contribution in [0.15, 0.2) is 66.7 Å². The van der Waals surface area contributed by atoms with E-state index in [0.29, 0.717) is 44.2 Å². The molecule has 0 unspecified atom stereocenters. The molecule has 6 nitrogen and oxygen atoms in total. The van der Waals surface area contributed by atoms with Gasteiger partial charge in [-0.05, 0) is 73.1 Å². The van der Waals surface area contributed by atoms with E-state index in [4.69, 9.17) is 15.2 Å². The fourth-order valence-electron chi connectivity index (χ4n) is 3.89. The van der Waals surface area contributed by atoms with Crippen molar-refractivity contribution in [2.24, 2.45) is 5.73 Å². The van der Waals surface area contributed by atoms with E-state index in [1.807, 2.05) is 48.5 Å². The van der Waals surface area contributed by atoms with Gasteiger partial charge in [0.1, 0.15) is 23.1 Å². The molecule has 1 aliphatic rings. The van der Waals surface area contributed by atoms with E-state index in [1.165, 1.54) is 18.2 Å². The van der Waals surface area contributed by atoms with Crippen molar-refractivity contribution in [1.82, 2.24) is 4.90 Å². The summed E-state index contributed by atoms with van der Waals surface area (Å²) in [6, 6.07) is 19.7. The van der Waals surface area contributed by atoms with Crippen molar-refractivity contribution < 1.29 is 18.7 Å². The number of halogens is 1. The third kappa shape index (κ3) is 5.43. The molecule has 0 bridgehead atoms. The number of piperazine rings is 1. The Bertz CT molecular complexity index is 1080. The molecule has 1 aliphatic heterocycles. The summed E-state index contributed by atoms with van der Waals surface area (Å²) in [5, 5.41) is 0. The summed E-state index contributed by atoms with van der Waals surface area (Å²) in [5.74, 6) is 0.961. The number of amides is 1. The molecule has 3 aromatic carbocycles. The van der Waals surface area contributed by atoms with Crippen molar-refractivity contribution in [3.63, 3.8) is 0 Å². The summed E-state index contributed by atoms with van der Waals surface area (Å²) >= 11 is 0. The van der Waals surface area contributed by atoms with Crippen LogP contribution in [0.3, 0.4) is 0 Å². The summed E-state index contributed by atoms with van der Waals surface area (Å²) in [4.78, 5) is 16.9. The molecule has 3 aromatic rings. The SMILES string of the molecule is COc1ccc(N2CCN(C(=O)c3cc(Oc4ccc(CCN)cc4)ccc3F)CC2)cc1. The first-order valence-electron chi connectivity index (χ1n) is 11.0. The molecule has 0 atom stereocenters. The highest BCUT2D eigenvalue weighted by Gasteiger charge is 2.25. The van der Waals surface area contributed by atoms with E-state index in [0.717, 1.165) is 23.4 Å². The Morgan fingerprint density at radius 3 is 2.18 bits per heavy atom. The topological polar surface area (TPSA) is 68.0 Å². The predicted molar refractivity (Wildman–Crippen MR) is 127 cm³/mol. The number of rotatable bonds is 7. The minimum Gasteiger partial charge on any atom is -0.497 e. The van der Waals surface area contributed by atoms with Crippen molar-refractivity contribution in [3.05, 3.63) is 83.7 Å². The predicted octanol–water partition coefficient (Wildman–Crippen LogP) is 4.09. The molecule has 0 saturated carbocycles. The molecular formula is C26H28FN3O3. The highest BCUT2D eigenvalue weighted by Crippen LogP contribution is 2.26. The summed E-state index contributed by atoms with van der Waals surface area (Å²) < 4.78 is 25.6. The number of hydrogen-bond acceptors (Lipinski definition) is 5. The molecule has 4 rings (SSSR count). The molecule has 0 aromatic heterocycles. The molecule has 1 heterocycles. The van der Waals surface area contributed by atoms with Crippen molar-refractivity contribution >= 4 is 11.6 Å². The lowest BCUT2D eigenvalue weighted by Crippen LogP contribution is -2.49. The summed E-state index contributed by atoms with van der Waals surface area (Å²) in [5.41, 5.74) is 7.79. The summed E-state index contributed by atoms with van der Waals surface area (Å²) in [6.45, 7) is 2.95. The van der Waals surface area contributed by atoms with Crippen LogP contribution in [0.1, 0.15) is 15.9 Å². The van der Waals surface area contributed by atoms with Crippen LogP contribution in [-0.2, 0) is 6.42 Å². The number of benzene rings is 3. The Kier molecular flexibility index (Phi) is 7.10. The molecule has 33 heavy (non-hydrogen) atoms. The maximum atomic E-state index is 14.5. The van der Waals surface area contributed by atoms with Crippen LogP contribution in [0.5, 0.6) is 17.2 Å². The van der Waals surface area contributed by atoms with Crippen LogP contribution in [0.4, 0.5) is 10.1 Å². The monoisotopic (exact) mass is 449 g/mol. The van der Waals surface area contributed by atoms with E-state index >= 15 is 0 Å². The minimum absolute atomic E-state index is 0.0187. The zero-order valence-electron chi connectivity index (χ0n) is 18.7. The van der Waals surface area contributed by atoms with E-state index in [2.05, 4.69) is 4.90 Å². The fraction of sp³-hybridized carbons (Fsp3) is 0.269. The lowest BCUT2D eigenvalue weighted by Gasteiger charge is -2.36. The highest BCUT2D eigenvalue weighted by molar-refractivity contribution is 5.95. The van der Waals surface area contributed by atoms with Crippen molar-refractivity contribution in [2.75, 3.05) is 44.7 Å². The van der Waals surface area contributed by atoms with Gasteiger partial charge in [0.15, 0.2) is 0 Å². The maximum Gasteiger partial charge on any atom is 0.257 e. The van der Waals surface area contributed by atoms with E-state index in [9.17, 15) is 9.18 Å². The van der Waals surface area contributed by atoms with Gasteiger partial charge in [0.05, 0.1) is 12.7 Å². The van der Waals surface area contributed by atoms with Gasteiger partial charge in [-0.2, -0.15) is 0 Å². The second-order valence-corrected chi connectivity index (χ2v) is 7.90. The lowest BCUT2D eigenvalue weighted by atomic mass is 10.1. The number of ether oxygens (including phenoxy) is 2. The van der Waals surface area contributed by atoms with Crippen LogP contribution in [0, 0.1) is 5.82 Å². The summed E-state index contributed by atoms with van der Waals surface area (Å²) in [7, 11) is 1.64. The Hall–Kier alpha value is -3.58. The van der Waals surface area contributed by atoms with Crippen LogP contribution >= 0.6 is 0 Å². The standard InChI is InChI=1S/C26H28FN3O3/c1-32-21-8-4-20(5-9-21)29-14-16-30(17-15-29)26(31)24-18-23(10-11-25(24)27)33-22-6-2-19(3-7-22)12-13-28/h2-11,18H,12-17,28H2,1H3. The van der Waals surface area contributed by atoms with Gasteiger partial charge in [-0.25, -0.2) is 4.39 Å². The number of methoxy groups -OCH3 is 1. The van der Waals surface area contributed by atoms with Crippen molar-refractivity contribution in [2.45, 2.75) is 6.42 Å². The van der Waals surface area contributed by atoms with Gasteiger partial charge >= 0.3 is 0 Å². The van der Waals surface area contributed by atoms with Crippen LogP contribution in [-0.4, -0.2) is 50.6 Å². The molecular weight excluding hydrogens is 421 g/mol. The Morgan fingerprint density at radius 2 is 1.55 bits per heavy atom. The Balaban J connectivity index is 1.40. The van der Waals surface area contributed by atoms with Gasteiger partial charge in [0, 0.05) is 31.9 Å². The number of nitrogens with zero attached hydrogens (tertiary/aromatic N) is 2. The second-order valence-electron chi connectivity index (χ2n) is 7.90. The van der Waals surface area contributed by atoms with Gasteiger partial charge in [-0.15, -0.1) is 0 Å².